The van der Waals surface area contributed by atoms with Gasteiger partial charge in [0.2, 0.25) is 0 Å². The lowest BCUT2D eigenvalue weighted by molar-refractivity contribution is 0.208. The summed E-state index contributed by atoms with van der Waals surface area (Å²) in [6.45, 7) is 1.97. The number of hydrogen-bond donors (Lipinski definition) is 1. The second kappa shape index (κ2) is 5.21. The summed E-state index contributed by atoms with van der Waals surface area (Å²) in [5, 5.41) is 10.3. The van der Waals surface area contributed by atoms with Gasteiger partial charge in [-0.15, -0.1) is 0 Å². The fraction of sp³-hybridized carbons (Fsp3) is 0.545. The van der Waals surface area contributed by atoms with E-state index < -0.39 is 0 Å². The van der Waals surface area contributed by atoms with Crippen LogP contribution in [-0.2, 0) is 0 Å². The van der Waals surface area contributed by atoms with Crippen molar-refractivity contribution in [1.82, 2.24) is 4.98 Å². The van der Waals surface area contributed by atoms with Crippen molar-refractivity contribution in [3.8, 4) is 0 Å². The number of hydrogen-bond acceptors (Lipinski definition) is 3. The van der Waals surface area contributed by atoms with Crippen molar-refractivity contribution in [2.75, 3.05) is 24.6 Å². The van der Waals surface area contributed by atoms with Crippen LogP contribution in [0, 0.1) is 5.92 Å². The molecule has 16 heavy (non-hydrogen) atoms. The van der Waals surface area contributed by atoms with Gasteiger partial charge >= 0.3 is 0 Å². The maximum absolute atomic E-state index is 9.17. The lowest BCUT2D eigenvalue weighted by Crippen LogP contribution is -2.37. The van der Waals surface area contributed by atoms with E-state index in [0.717, 1.165) is 31.7 Å². The smallest absolute Gasteiger partial charge is 0.147 e. The van der Waals surface area contributed by atoms with Gasteiger partial charge in [0.1, 0.15) is 5.82 Å². The SMILES string of the molecule is OCC1CCCN(c2ncc(Cl)cc2Cl)C1. The highest BCUT2D eigenvalue weighted by molar-refractivity contribution is 6.36. The molecule has 0 bridgehead atoms. The number of aromatic nitrogens is 1. The van der Waals surface area contributed by atoms with Crippen LogP contribution in [0.2, 0.25) is 10.0 Å². The van der Waals surface area contributed by atoms with Gasteiger partial charge in [0.05, 0.1) is 10.0 Å². The highest BCUT2D eigenvalue weighted by atomic mass is 35.5. The average Bonchev–Trinajstić information content (AvgIpc) is 2.29. The number of pyridine rings is 1. The molecule has 1 saturated heterocycles. The summed E-state index contributed by atoms with van der Waals surface area (Å²) in [5.74, 6) is 1.09. The summed E-state index contributed by atoms with van der Waals surface area (Å²) in [4.78, 5) is 6.36. The molecule has 0 aliphatic carbocycles. The molecule has 1 N–H and O–H groups in total. The molecule has 1 aliphatic rings. The van der Waals surface area contributed by atoms with Crippen molar-refractivity contribution in [2.24, 2.45) is 5.92 Å². The Bertz CT molecular complexity index is 373. The Hall–Kier alpha value is -0.510. The molecule has 0 spiro atoms. The van der Waals surface area contributed by atoms with Gasteiger partial charge in [-0.3, -0.25) is 0 Å². The molecule has 2 heterocycles. The van der Waals surface area contributed by atoms with Crippen molar-refractivity contribution in [3.63, 3.8) is 0 Å². The van der Waals surface area contributed by atoms with Gasteiger partial charge in [-0.1, -0.05) is 23.2 Å². The molecule has 0 amide bonds. The van der Waals surface area contributed by atoms with Crippen molar-refractivity contribution >= 4 is 29.0 Å². The van der Waals surface area contributed by atoms with Gasteiger partial charge in [-0.05, 0) is 24.8 Å². The molecule has 2 rings (SSSR count). The van der Waals surface area contributed by atoms with E-state index in [4.69, 9.17) is 28.3 Å². The number of aliphatic hydroxyl groups excluding tert-OH is 1. The third kappa shape index (κ3) is 2.59. The molecule has 1 unspecified atom stereocenters. The number of nitrogens with zero attached hydrogens (tertiary/aromatic N) is 2. The Morgan fingerprint density at radius 2 is 2.31 bits per heavy atom. The topological polar surface area (TPSA) is 36.4 Å². The minimum Gasteiger partial charge on any atom is -0.396 e. The van der Waals surface area contributed by atoms with Crippen molar-refractivity contribution in [1.29, 1.82) is 0 Å². The molecule has 1 fully saturated rings. The average molecular weight is 261 g/mol. The van der Waals surface area contributed by atoms with Gasteiger partial charge < -0.3 is 10.0 Å². The van der Waals surface area contributed by atoms with Gasteiger partial charge in [-0.2, -0.15) is 0 Å². The largest absolute Gasteiger partial charge is 0.396 e. The minimum absolute atomic E-state index is 0.224. The van der Waals surface area contributed by atoms with E-state index >= 15 is 0 Å². The zero-order chi connectivity index (χ0) is 11.5. The fourth-order valence-corrected chi connectivity index (χ4v) is 2.55. The van der Waals surface area contributed by atoms with E-state index in [1.54, 1.807) is 12.3 Å². The molecule has 0 aromatic carbocycles. The van der Waals surface area contributed by atoms with E-state index in [9.17, 15) is 0 Å². The molecule has 5 heteroatoms. The van der Waals surface area contributed by atoms with Crippen LogP contribution in [-0.4, -0.2) is 29.8 Å². The van der Waals surface area contributed by atoms with Gasteiger partial charge in [0.25, 0.3) is 0 Å². The van der Waals surface area contributed by atoms with Crippen LogP contribution in [0.1, 0.15) is 12.8 Å². The van der Waals surface area contributed by atoms with Crippen LogP contribution in [0.4, 0.5) is 5.82 Å². The molecule has 1 atom stereocenters. The van der Waals surface area contributed by atoms with E-state index in [-0.39, 0.29) is 6.61 Å². The zero-order valence-corrected chi connectivity index (χ0v) is 10.4. The number of halogens is 2. The van der Waals surface area contributed by atoms with Crippen LogP contribution in [0.25, 0.3) is 0 Å². The molecule has 88 valence electrons. The Balaban J connectivity index is 2.16. The molecular formula is C11H14Cl2N2O. The quantitative estimate of drug-likeness (QED) is 0.888. The fourth-order valence-electron chi connectivity index (χ4n) is 2.05. The van der Waals surface area contributed by atoms with Crippen molar-refractivity contribution in [2.45, 2.75) is 12.8 Å². The van der Waals surface area contributed by atoms with Gasteiger partial charge in [0.15, 0.2) is 0 Å². The first-order valence-electron chi connectivity index (χ1n) is 5.37. The van der Waals surface area contributed by atoms with E-state index in [0.29, 0.717) is 16.0 Å². The maximum atomic E-state index is 9.17. The number of rotatable bonds is 2. The molecule has 1 aromatic rings. The van der Waals surface area contributed by atoms with Crippen LogP contribution < -0.4 is 4.90 Å². The minimum atomic E-state index is 0.224. The standard InChI is InChI=1S/C11H14Cl2N2O/c12-9-4-10(13)11(14-5-9)15-3-1-2-8(6-15)7-16/h4-5,8,16H,1-3,6-7H2. The summed E-state index contributed by atoms with van der Waals surface area (Å²) >= 11 is 11.9. The summed E-state index contributed by atoms with van der Waals surface area (Å²) < 4.78 is 0. The predicted octanol–water partition coefficient (Wildman–Crippen LogP) is 2.60. The van der Waals surface area contributed by atoms with Crippen LogP contribution in [0.15, 0.2) is 12.3 Å². The van der Waals surface area contributed by atoms with Crippen LogP contribution in [0.3, 0.4) is 0 Å². The summed E-state index contributed by atoms with van der Waals surface area (Å²) in [7, 11) is 0. The molecule has 1 aliphatic heterocycles. The zero-order valence-electron chi connectivity index (χ0n) is 8.87. The number of piperidine rings is 1. The monoisotopic (exact) mass is 260 g/mol. The maximum Gasteiger partial charge on any atom is 0.147 e. The summed E-state index contributed by atoms with van der Waals surface area (Å²) in [6.07, 6.45) is 3.73. The Morgan fingerprint density at radius 3 is 3.00 bits per heavy atom. The third-order valence-electron chi connectivity index (χ3n) is 2.87. The van der Waals surface area contributed by atoms with Crippen molar-refractivity contribution in [3.05, 3.63) is 22.3 Å². The van der Waals surface area contributed by atoms with E-state index in [1.165, 1.54) is 0 Å². The Labute approximate surface area is 105 Å². The lowest BCUT2D eigenvalue weighted by atomic mass is 9.99. The first kappa shape index (κ1) is 12.0. The summed E-state index contributed by atoms with van der Waals surface area (Å²) in [6, 6.07) is 1.70. The molecule has 3 nitrogen and oxygen atoms in total. The molecule has 0 radical (unpaired) electrons. The highest BCUT2D eigenvalue weighted by Gasteiger charge is 2.21. The molecule has 0 saturated carbocycles. The first-order chi connectivity index (χ1) is 7.70. The second-order valence-electron chi connectivity index (χ2n) is 4.10. The van der Waals surface area contributed by atoms with Crippen LogP contribution in [0.5, 0.6) is 0 Å². The van der Waals surface area contributed by atoms with Gasteiger partial charge in [0, 0.05) is 25.9 Å². The number of anilines is 1. The lowest BCUT2D eigenvalue weighted by Gasteiger charge is -2.33. The molecular weight excluding hydrogens is 247 g/mol. The highest BCUT2D eigenvalue weighted by Crippen LogP contribution is 2.29. The van der Waals surface area contributed by atoms with Crippen molar-refractivity contribution < 1.29 is 5.11 Å². The molecule has 1 aromatic heterocycles. The van der Waals surface area contributed by atoms with Crippen LogP contribution >= 0.6 is 23.2 Å². The Morgan fingerprint density at radius 1 is 1.50 bits per heavy atom. The first-order valence-corrected chi connectivity index (χ1v) is 6.13. The summed E-state index contributed by atoms with van der Waals surface area (Å²) in [5.41, 5.74) is 0. The number of aliphatic hydroxyl groups is 1. The van der Waals surface area contributed by atoms with E-state index in [1.807, 2.05) is 0 Å². The van der Waals surface area contributed by atoms with E-state index in [2.05, 4.69) is 9.88 Å². The van der Waals surface area contributed by atoms with Gasteiger partial charge in [-0.25, -0.2) is 4.98 Å². The third-order valence-corrected chi connectivity index (χ3v) is 3.35. The predicted molar refractivity (Wildman–Crippen MR) is 66.3 cm³/mol. The second-order valence-corrected chi connectivity index (χ2v) is 4.94. The normalized spacial score (nSPS) is 21.2. The Kier molecular flexibility index (Phi) is 3.90.